The molecule has 0 spiro atoms. The Morgan fingerprint density at radius 2 is 2.62 bits per heavy atom. The highest BCUT2D eigenvalue weighted by atomic mass is 32.1. The third-order valence-electron chi connectivity index (χ3n) is 2.86. The van der Waals surface area contributed by atoms with Gasteiger partial charge in [-0.05, 0) is 19.3 Å². The van der Waals surface area contributed by atoms with Gasteiger partial charge in [0.15, 0.2) is 0 Å². The van der Waals surface area contributed by atoms with Crippen molar-refractivity contribution in [3.8, 4) is 0 Å². The first-order valence-corrected chi connectivity index (χ1v) is 6.37. The number of nitrogens with one attached hydrogen (secondary N) is 1. The van der Waals surface area contributed by atoms with E-state index in [0.717, 1.165) is 19.3 Å². The molecule has 1 heterocycles. The molecule has 0 saturated carbocycles. The quantitative estimate of drug-likeness (QED) is 0.799. The van der Waals surface area contributed by atoms with Gasteiger partial charge in [-0.3, -0.25) is 4.79 Å². The predicted molar refractivity (Wildman–Crippen MR) is 62.5 cm³/mol. The van der Waals surface area contributed by atoms with Gasteiger partial charge in [-0.25, -0.2) is 4.98 Å². The van der Waals surface area contributed by atoms with Crippen molar-refractivity contribution < 1.29 is 9.53 Å². The molecule has 0 fully saturated rings. The number of rotatable bonds is 4. The van der Waals surface area contributed by atoms with E-state index in [4.69, 9.17) is 4.74 Å². The van der Waals surface area contributed by atoms with E-state index in [9.17, 15) is 4.79 Å². The molecule has 1 unspecified atom stereocenters. The lowest BCUT2D eigenvalue weighted by Gasteiger charge is -2.20. The molecular formula is C11H16N2O2S. The summed E-state index contributed by atoms with van der Waals surface area (Å²) in [6.45, 7) is 1.17. The summed E-state index contributed by atoms with van der Waals surface area (Å²) < 4.78 is 4.90. The van der Waals surface area contributed by atoms with Gasteiger partial charge < -0.3 is 10.1 Å². The summed E-state index contributed by atoms with van der Waals surface area (Å²) in [4.78, 5) is 17.4. The number of nitrogens with zero attached hydrogens (tertiary/aromatic N) is 1. The van der Waals surface area contributed by atoms with Gasteiger partial charge in [-0.2, -0.15) is 0 Å². The van der Waals surface area contributed by atoms with Crippen molar-refractivity contribution in [3.05, 3.63) is 16.1 Å². The molecule has 1 N–H and O–H groups in total. The number of carbonyl (C=O) groups is 1. The van der Waals surface area contributed by atoms with Crippen LogP contribution in [0.5, 0.6) is 0 Å². The molecule has 4 nitrogen and oxygen atoms in total. The number of fused-ring (bicyclic) bond motifs is 1. The Bertz CT molecular complexity index is 365. The van der Waals surface area contributed by atoms with E-state index in [0.29, 0.717) is 13.2 Å². The molecular weight excluding hydrogens is 224 g/mol. The van der Waals surface area contributed by atoms with Crippen LogP contribution in [0.3, 0.4) is 0 Å². The van der Waals surface area contributed by atoms with Crippen molar-refractivity contribution >= 4 is 17.2 Å². The fraction of sp³-hybridized carbons (Fsp3) is 0.636. The van der Waals surface area contributed by atoms with Crippen LogP contribution in [0, 0.1) is 5.92 Å². The van der Waals surface area contributed by atoms with Gasteiger partial charge in [0.1, 0.15) is 0 Å². The predicted octanol–water partition coefficient (Wildman–Crippen LogP) is 1.01. The van der Waals surface area contributed by atoms with Crippen molar-refractivity contribution in [2.24, 2.45) is 5.92 Å². The molecule has 16 heavy (non-hydrogen) atoms. The second-order valence-corrected chi connectivity index (χ2v) is 4.89. The number of hydrogen-bond acceptors (Lipinski definition) is 4. The van der Waals surface area contributed by atoms with Crippen molar-refractivity contribution in [1.82, 2.24) is 10.3 Å². The Balaban J connectivity index is 1.86. The standard InChI is InChI=1S/C11H16N2O2S/c1-15-5-4-12-11(14)8-2-3-9-10(6-8)16-7-13-9/h7-8H,2-6H2,1H3,(H,12,14). The molecule has 0 saturated heterocycles. The fourth-order valence-electron chi connectivity index (χ4n) is 1.94. The van der Waals surface area contributed by atoms with Crippen molar-refractivity contribution in [2.45, 2.75) is 19.3 Å². The molecule has 1 atom stereocenters. The number of ether oxygens (including phenoxy) is 1. The molecule has 88 valence electrons. The minimum atomic E-state index is 0.116. The highest BCUT2D eigenvalue weighted by molar-refractivity contribution is 7.09. The minimum Gasteiger partial charge on any atom is -0.383 e. The summed E-state index contributed by atoms with van der Waals surface area (Å²) in [7, 11) is 1.64. The maximum absolute atomic E-state index is 11.8. The topological polar surface area (TPSA) is 51.2 Å². The number of methoxy groups -OCH3 is 1. The number of carbonyl (C=O) groups excluding carboxylic acids is 1. The van der Waals surface area contributed by atoms with E-state index in [2.05, 4.69) is 10.3 Å². The van der Waals surface area contributed by atoms with Crippen LogP contribution in [0.2, 0.25) is 0 Å². The first kappa shape index (κ1) is 11.5. The van der Waals surface area contributed by atoms with E-state index >= 15 is 0 Å². The van der Waals surface area contributed by atoms with E-state index in [1.807, 2.05) is 5.51 Å². The number of amides is 1. The zero-order valence-corrected chi connectivity index (χ0v) is 10.2. The van der Waals surface area contributed by atoms with Crippen LogP contribution in [-0.4, -0.2) is 31.2 Å². The Kier molecular flexibility index (Phi) is 3.90. The number of thiazole rings is 1. The molecule has 0 aliphatic heterocycles. The van der Waals surface area contributed by atoms with Crippen molar-refractivity contribution in [1.29, 1.82) is 0 Å². The van der Waals surface area contributed by atoms with Crippen LogP contribution in [0.1, 0.15) is 17.0 Å². The first-order valence-electron chi connectivity index (χ1n) is 5.49. The summed E-state index contributed by atoms with van der Waals surface area (Å²) in [6.07, 6.45) is 2.69. The number of aromatic nitrogens is 1. The zero-order valence-electron chi connectivity index (χ0n) is 9.36. The molecule has 2 rings (SSSR count). The summed E-state index contributed by atoms with van der Waals surface area (Å²) in [6, 6.07) is 0. The molecule has 1 aromatic rings. The largest absolute Gasteiger partial charge is 0.383 e. The van der Waals surface area contributed by atoms with Gasteiger partial charge in [0.2, 0.25) is 5.91 Å². The van der Waals surface area contributed by atoms with Gasteiger partial charge >= 0.3 is 0 Å². The van der Waals surface area contributed by atoms with Crippen LogP contribution in [0.4, 0.5) is 0 Å². The summed E-state index contributed by atoms with van der Waals surface area (Å²) in [5.74, 6) is 0.265. The number of hydrogen-bond donors (Lipinski definition) is 1. The second kappa shape index (κ2) is 5.41. The molecule has 1 aromatic heterocycles. The van der Waals surface area contributed by atoms with Gasteiger partial charge in [0, 0.05) is 24.4 Å². The Hall–Kier alpha value is -0.940. The Labute approximate surface area is 99.0 Å². The van der Waals surface area contributed by atoms with Crippen LogP contribution < -0.4 is 5.32 Å². The lowest BCUT2D eigenvalue weighted by Crippen LogP contribution is -2.35. The maximum Gasteiger partial charge on any atom is 0.223 e. The number of aryl methyl sites for hydroxylation is 1. The summed E-state index contributed by atoms with van der Waals surface area (Å²) >= 11 is 1.66. The fourth-order valence-corrected chi connectivity index (χ4v) is 2.84. The molecule has 5 heteroatoms. The molecule has 1 amide bonds. The lowest BCUT2D eigenvalue weighted by molar-refractivity contribution is -0.125. The Morgan fingerprint density at radius 3 is 3.44 bits per heavy atom. The van der Waals surface area contributed by atoms with Crippen LogP contribution in [-0.2, 0) is 22.4 Å². The first-order chi connectivity index (χ1) is 7.81. The Morgan fingerprint density at radius 1 is 1.75 bits per heavy atom. The SMILES string of the molecule is COCCNC(=O)C1CCc2ncsc2C1. The summed E-state index contributed by atoms with van der Waals surface area (Å²) in [5, 5.41) is 2.90. The van der Waals surface area contributed by atoms with Gasteiger partial charge in [0.05, 0.1) is 17.8 Å². The van der Waals surface area contributed by atoms with Crippen molar-refractivity contribution in [3.63, 3.8) is 0 Å². The molecule has 0 radical (unpaired) electrons. The normalized spacial score (nSPS) is 19.2. The van der Waals surface area contributed by atoms with Crippen LogP contribution in [0.25, 0.3) is 0 Å². The maximum atomic E-state index is 11.8. The molecule has 0 aromatic carbocycles. The van der Waals surface area contributed by atoms with E-state index in [-0.39, 0.29) is 11.8 Å². The van der Waals surface area contributed by atoms with Crippen LogP contribution >= 0.6 is 11.3 Å². The van der Waals surface area contributed by atoms with Gasteiger partial charge in [-0.15, -0.1) is 11.3 Å². The third-order valence-corrected chi connectivity index (χ3v) is 3.76. The monoisotopic (exact) mass is 240 g/mol. The van der Waals surface area contributed by atoms with E-state index in [1.165, 1.54) is 10.6 Å². The van der Waals surface area contributed by atoms with Gasteiger partial charge in [0.25, 0.3) is 0 Å². The van der Waals surface area contributed by atoms with E-state index in [1.54, 1.807) is 18.4 Å². The zero-order chi connectivity index (χ0) is 11.4. The molecule has 1 aliphatic rings. The van der Waals surface area contributed by atoms with Crippen LogP contribution in [0.15, 0.2) is 5.51 Å². The highest BCUT2D eigenvalue weighted by Gasteiger charge is 2.25. The van der Waals surface area contributed by atoms with Gasteiger partial charge in [-0.1, -0.05) is 0 Å². The second-order valence-electron chi connectivity index (χ2n) is 3.95. The molecule has 1 aliphatic carbocycles. The highest BCUT2D eigenvalue weighted by Crippen LogP contribution is 2.27. The van der Waals surface area contributed by atoms with E-state index < -0.39 is 0 Å². The average Bonchev–Trinajstić information content (AvgIpc) is 2.76. The lowest BCUT2D eigenvalue weighted by atomic mass is 9.90. The minimum absolute atomic E-state index is 0.116. The average molecular weight is 240 g/mol. The molecule has 0 bridgehead atoms. The third kappa shape index (κ3) is 2.59. The van der Waals surface area contributed by atoms with Crippen molar-refractivity contribution in [2.75, 3.05) is 20.3 Å². The summed E-state index contributed by atoms with van der Waals surface area (Å²) in [5.41, 5.74) is 3.06. The smallest absolute Gasteiger partial charge is 0.223 e.